The maximum Gasteiger partial charge on any atom is 0.255 e. The van der Waals surface area contributed by atoms with Gasteiger partial charge in [-0.2, -0.15) is 0 Å². The first-order chi connectivity index (χ1) is 10.6. The first kappa shape index (κ1) is 19.4. The van der Waals surface area contributed by atoms with Crippen LogP contribution in [0.4, 0.5) is 0 Å². The maximum absolute atomic E-state index is 12.6. The zero-order valence-corrected chi connectivity index (χ0v) is 14.8. The van der Waals surface area contributed by atoms with E-state index in [2.05, 4.69) is 17.6 Å². The zero-order valence-electron chi connectivity index (χ0n) is 14.0. The number of nitrogens with one attached hydrogen (secondary N) is 2. The van der Waals surface area contributed by atoms with E-state index in [9.17, 15) is 4.79 Å². The Morgan fingerprint density at radius 2 is 1.74 bits per heavy atom. The van der Waals surface area contributed by atoms with Crippen molar-refractivity contribution in [3.63, 3.8) is 0 Å². The van der Waals surface area contributed by atoms with Crippen LogP contribution < -0.4 is 24.8 Å². The van der Waals surface area contributed by atoms with E-state index in [0.29, 0.717) is 28.7 Å². The van der Waals surface area contributed by atoms with Gasteiger partial charge < -0.3 is 24.8 Å². The molecule has 7 heteroatoms. The third kappa shape index (κ3) is 4.42. The van der Waals surface area contributed by atoms with Gasteiger partial charge in [0, 0.05) is 18.2 Å². The Morgan fingerprint density at radius 3 is 2.30 bits per heavy atom. The largest absolute Gasteiger partial charge is 0.496 e. The van der Waals surface area contributed by atoms with Crippen LogP contribution in [0.1, 0.15) is 23.7 Å². The molecule has 1 amide bonds. The van der Waals surface area contributed by atoms with Crippen molar-refractivity contribution in [1.82, 2.24) is 10.6 Å². The molecule has 2 N–H and O–H groups in total. The Kier molecular flexibility index (Phi) is 7.45. The second-order valence-electron chi connectivity index (χ2n) is 5.46. The lowest BCUT2D eigenvalue weighted by Crippen LogP contribution is -2.48. The molecule has 1 aliphatic heterocycles. The number of methoxy groups -OCH3 is 3. The summed E-state index contributed by atoms with van der Waals surface area (Å²) in [5.41, 5.74) is 0.450. The molecule has 1 heterocycles. The van der Waals surface area contributed by atoms with Crippen LogP contribution in [-0.4, -0.2) is 46.4 Å². The number of rotatable bonds is 5. The fourth-order valence-corrected chi connectivity index (χ4v) is 2.68. The van der Waals surface area contributed by atoms with Crippen molar-refractivity contribution in [3.05, 3.63) is 17.7 Å². The van der Waals surface area contributed by atoms with Crippen LogP contribution in [0.2, 0.25) is 0 Å². The Hall–Kier alpha value is -1.66. The summed E-state index contributed by atoms with van der Waals surface area (Å²) in [5, 5.41) is 6.41. The number of ether oxygens (including phenoxy) is 3. The molecule has 0 spiro atoms. The molecular weight excluding hydrogens is 320 g/mol. The highest BCUT2D eigenvalue weighted by Gasteiger charge is 2.25. The van der Waals surface area contributed by atoms with E-state index in [1.54, 1.807) is 26.4 Å². The van der Waals surface area contributed by atoms with Crippen LogP contribution >= 0.6 is 12.4 Å². The van der Waals surface area contributed by atoms with Gasteiger partial charge in [0.2, 0.25) is 0 Å². The third-order valence-electron chi connectivity index (χ3n) is 4.05. The number of halogens is 1. The highest BCUT2D eigenvalue weighted by molar-refractivity contribution is 5.98. The van der Waals surface area contributed by atoms with E-state index in [1.165, 1.54) is 7.11 Å². The number of hydrogen-bond acceptors (Lipinski definition) is 5. The molecule has 1 aliphatic rings. The number of hydrogen-bond donors (Lipinski definition) is 2. The van der Waals surface area contributed by atoms with E-state index >= 15 is 0 Å². The molecule has 0 aromatic heterocycles. The van der Waals surface area contributed by atoms with Gasteiger partial charge in [-0.15, -0.1) is 12.4 Å². The van der Waals surface area contributed by atoms with Crippen LogP contribution in [-0.2, 0) is 0 Å². The molecule has 0 aliphatic carbocycles. The molecule has 1 aromatic carbocycles. The number of carbonyl (C=O) groups excluding carboxylic acids is 1. The number of piperidine rings is 1. The Balaban J connectivity index is 0.00000264. The number of carbonyl (C=O) groups is 1. The lowest BCUT2D eigenvalue weighted by molar-refractivity contribution is 0.0910. The van der Waals surface area contributed by atoms with Crippen LogP contribution in [0.15, 0.2) is 12.1 Å². The summed E-state index contributed by atoms with van der Waals surface area (Å²) in [6, 6.07) is 3.48. The summed E-state index contributed by atoms with van der Waals surface area (Å²) in [7, 11) is 4.62. The average molecular weight is 345 g/mol. The number of benzene rings is 1. The normalized spacial score (nSPS) is 20.2. The summed E-state index contributed by atoms with van der Waals surface area (Å²) in [6.45, 7) is 3.95. The SMILES string of the molecule is COc1cc(OC)c(C(=O)NC2CCNCC2C)cc1OC.Cl. The fourth-order valence-electron chi connectivity index (χ4n) is 2.68. The highest BCUT2D eigenvalue weighted by atomic mass is 35.5. The van der Waals surface area contributed by atoms with Crippen molar-refractivity contribution in [2.24, 2.45) is 5.92 Å². The van der Waals surface area contributed by atoms with Crippen molar-refractivity contribution in [1.29, 1.82) is 0 Å². The predicted molar refractivity (Wildman–Crippen MR) is 91.3 cm³/mol. The Bertz CT molecular complexity index is 539. The first-order valence-corrected chi connectivity index (χ1v) is 7.42. The molecule has 130 valence electrons. The van der Waals surface area contributed by atoms with Crippen LogP contribution in [0.3, 0.4) is 0 Å². The minimum Gasteiger partial charge on any atom is -0.496 e. The quantitative estimate of drug-likeness (QED) is 0.853. The topological polar surface area (TPSA) is 68.8 Å². The van der Waals surface area contributed by atoms with Crippen molar-refractivity contribution < 1.29 is 19.0 Å². The van der Waals surface area contributed by atoms with E-state index in [4.69, 9.17) is 14.2 Å². The van der Waals surface area contributed by atoms with Crippen LogP contribution in [0.25, 0.3) is 0 Å². The molecule has 6 nitrogen and oxygen atoms in total. The summed E-state index contributed by atoms with van der Waals surface area (Å²) in [5.74, 6) is 1.75. The predicted octanol–water partition coefficient (Wildman–Crippen LogP) is 1.86. The van der Waals surface area contributed by atoms with Crippen molar-refractivity contribution in [3.8, 4) is 17.2 Å². The Labute approximate surface area is 143 Å². The molecule has 0 saturated carbocycles. The molecule has 2 atom stereocenters. The van der Waals surface area contributed by atoms with Gasteiger partial charge in [0.15, 0.2) is 11.5 Å². The fraction of sp³-hybridized carbons (Fsp3) is 0.562. The smallest absolute Gasteiger partial charge is 0.255 e. The van der Waals surface area contributed by atoms with Crippen molar-refractivity contribution in [2.75, 3.05) is 34.4 Å². The van der Waals surface area contributed by atoms with E-state index in [-0.39, 0.29) is 24.4 Å². The van der Waals surface area contributed by atoms with Gasteiger partial charge in [-0.25, -0.2) is 0 Å². The summed E-state index contributed by atoms with van der Waals surface area (Å²) < 4.78 is 15.8. The molecule has 1 aromatic rings. The Morgan fingerprint density at radius 1 is 1.13 bits per heavy atom. The molecule has 1 fully saturated rings. The summed E-state index contributed by atoms with van der Waals surface area (Å²) in [4.78, 5) is 12.6. The van der Waals surface area contributed by atoms with Gasteiger partial charge >= 0.3 is 0 Å². The number of amides is 1. The molecule has 23 heavy (non-hydrogen) atoms. The third-order valence-corrected chi connectivity index (χ3v) is 4.05. The van der Waals surface area contributed by atoms with Gasteiger partial charge in [-0.3, -0.25) is 4.79 Å². The van der Waals surface area contributed by atoms with Gasteiger partial charge in [-0.1, -0.05) is 6.92 Å². The second kappa shape index (κ2) is 8.84. The molecule has 0 radical (unpaired) electrons. The van der Waals surface area contributed by atoms with Gasteiger partial charge in [-0.05, 0) is 25.4 Å². The van der Waals surface area contributed by atoms with Gasteiger partial charge in [0.05, 0.1) is 26.9 Å². The lowest BCUT2D eigenvalue weighted by Gasteiger charge is -2.30. The summed E-state index contributed by atoms with van der Waals surface area (Å²) in [6.07, 6.45) is 0.919. The lowest BCUT2D eigenvalue weighted by atomic mass is 9.95. The summed E-state index contributed by atoms with van der Waals surface area (Å²) >= 11 is 0. The first-order valence-electron chi connectivity index (χ1n) is 7.42. The molecule has 2 unspecified atom stereocenters. The van der Waals surface area contributed by atoms with Crippen molar-refractivity contribution >= 4 is 18.3 Å². The molecular formula is C16H25ClN2O4. The monoisotopic (exact) mass is 344 g/mol. The van der Waals surface area contributed by atoms with Crippen molar-refractivity contribution in [2.45, 2.75) is 19.4 Å². The van der Waals surface area contributed by atoms with Gasteiger partial charge in [0.1, 0.15) is 5.75 Å². The van der Waals surface area contributed by atoms with Crippen LogP contribution in [0.5, 0.6) is 17.2 Å². The minimum atomic E-state index is -0.156. The maximum atomic E-state index is 12.6. The van der Waals surface area contributed by atoms with Crippen LogP contribution in [0, 0.1) is 5.92 Å². The minimum absolute atomic E-state index is 0. The second-order valence-corrected chi connectivity index (χ2v) is 5.46. The molecule has 0 bridgehead atoms. The standard InChI is InChI=1S/C16H24N2O4.ClH/c1-10-9-17-6-5-12(10)18-16(19)11-7-14(21-3)15(22-4)8-13(11)20-2;/h7-8,10,12,17H,5-6,9H2,1-4H3,(H,18,19);1H. The zero-order chi connectivity index (χ0) is 16.1. The van der Waals surface area contributed by atoms with Gasteiger partial charge in [0.25, 0.3) is 5.91 Å². The van der Waals surface area contributed by atoms with E-state index < -0.39 is 0 Å². The average Bonchev–Trinajstić information content (AvgIpc) is 2.55. The molecule has 2 rings (SSSR count). The highest BCUT2D eigenvalue weighted by Crippen LogP contribution is 2.34. The molecule has 1 saturated heterocycles. The van der Waals surface area contributed by atoms with E-state index in [0.717, 1.165) is 19.5 Å². The van der Waals surface area contributed by atoms with E-state index in [1.807, 2.05) is 0 Å².